The quantitative estimate of drug-likeness (QED) is 0.475. The van der Waals surface area contributed by atoms with E-state index in [-0.39, 0.29) is 17.3 Å². The first kappa shape index (κ1) is 16.8. The number of hydrogen-bond acceptors (Lipinski definition) is 5. The molecule has 0 spiro atoms. The lowest BCUT2D eigenvalue weighted by molar-refractivity contribution is -0.433. The summed E-state index contributed by atoms with van der Waals surface area (Å²) in [6.45, 7) is 2.63. The highest BCUT2D eigenvalue weighted by Crippen LogP contribution is 2.44. The van der Waals surface area contributed by atoms with Crippen LogP contribution in [0.4, 0.5) is 0 Å². The maximum atomic E-state index is 11.8. The highest BCUT2D eigenvalue weighted by atomic mass is 16.6. The fraction of sp³-hybridized carbons (Fsp3) is 0.263. The minimum Gasteiger partial charge on any atom is -0.508 e. The van der Waals surface area contributed by atoms with Crippen molar-refractivity contribution >= 4 is 0 Å². The number of nitrogens with one attached hydrogen (secondary N) is 1. The maximum absolute atomic E-state index is 11.8. The van der Waals surface area contributed by atoms with Crippen molar-refractivity contribution in [3.05, 3.63) is 81.4 Å². The minimum absolute atomic E-state index is 0.0245. The fourth-order valence-electron chi connectivity index (χ4n) is 2.99. The van der Waals surface area contributed by atoms with E-state index in [0.29, 0.717) is 23.4 Å². The van der Waals surface area contributed by atoms with Gasteiger partial charge in [0, 0.05) is 17.7 Å². The Kier molecular flexibility index (Phi) is 4.88. The molecule has 2 N–H and O–H groups in total. The zero-order valence-corrected chi connectivity index (χ0v) is 13.9. The largest absolute Gasteiger partial charge is 0.508 e. The van der Waals surface area contributed by atoms with Crippen LogP contribution in [-0.4, -0.2) is 16.6 Å². The average molecular weight is 340 g/mol. The minimum atomic E-state index is -0.703. The van der Waals surface area contributed by atoms with E-state index in [2.05, 4.69) is 5.32 Å². The number of fused-ring (bicyclic) bond motifs is 1. The summed E-state index contributed by atoms with van der Waals surface area (Å²) in [7, 11) is 0. The van der Waals surface area contributed by atoms with Gasteiger partial charge in [-0.25, -0.2) is 0 Å². The predicted octanol–water partition coefficient (Wildman–Crippen LogP) is 3.75. The molecule has 0 amide bonds. The Balaban J connectivity index is 2.15. The Bertz CT molecular complexity index is 817. The molecular formula is C19H20N2O4. The fourth-order valence-corrected chi connectivity index (χ4v) is 2.99. The number of hydrogen-bond donors (Lipinski definition) is 2. The molecule has 3 rings (SSSR count). The van der Waals surface area contributed by atoms with Crippen LogP contribution in [0.5, 0.6) is 11.5 Å². The molecule has 130 valence electrons. The van der Waals surface area contributed by atoms with Gasteiger partial charge in [0.15, 0.2) is 0 Å². The third-order valence-electron chi connectivity index (χ3n) is 4.21. The molecule has 1 aliphatic rings. The zero-order valence-electron chi connectivity index (χ0n) is 13.9. The molecule has 0 aliphatic carbocycles. The summed E-state index contributed by atoms with van der Waals surface area (Å²) >= 11 is 0. The second-order valence-corrected chi connectivity index (χ2v) is 5.88. The van der Waals surface area contributed by atoms with Gasteiger partial charge in [-0.2, -0.15) is 0 Å². The molecule has 25 heavy (non-hydrogen) atoms. The Hall–Kier alpha value is -3.02. The third-order valence-corrected chi connectivity index (χ3v) is 4.21. The topological polar surface area (TPSA) is 84.6 Å². The van der Waals surface area contributed by atoms with Gasteiger partial charge in [0.05, 0.1) is 4.92 Å². The number of ether oxygens (including phenoxy) is 1. The van der Waals surface area contributed by atoms with Gasteiger partial charge in [0.1, 0.15) is 17.4 Å². The number of unbranched alkanes of at least 4 members (excludes halogenated alkanes) is 1. The monoisotopic (exact) mass is 340 g/mol. The number of phenolic OH excluding ortho intramolecular Hbond substituents is 1. The van der Waals surface area contributed by atoms with Gasteiger partial charge in [-0.1, -0.05) is 49.7 Å². The van der Waals surface area contributed by atoms with Crippen LogP contribution < -0.4 is 10.1 Å². The van der Waals surface area contributed by atoms with Gasteiger partial charge in [0.25, 0.3) is 5.88 Å². The summed E-state index contributed by atoms with van der Waals surface area (Å²) in [5, 5.41) is 25.2. The van der Waals surface area contributed by atoms with Crippen molar-refractivity contribution in [2.24, 2.45) is 0 Å². The van der Waals surface area contributed by atoms with E-state index in [1.807, 2.05) is 19.1 Å². The van der Waals surface area contributed by atoms with E-state index >= 15 is 0 Å². The van der Waals surface area contributed by atoms with Crippen molar-refractivity contribution in [3.8, 4) is 11.5 Å². The van der Waals surface area contributed by atoms with Gasteiger partial charge < -0.3 is 15.2 Å². The maximum Gasteiger partial charge on any atom is 0.317 e. The van der Waals surface area contributed by atoms with E-state index in [1.165, 1.54) is 6.07 Å². The molecule has 0 saturated heterocycles. The molecule has 6 nitrogen and oxygen atoms in total. The van der Waals surface area contributed by atoms with Crippen LogP contribution in [0.25, 0.3) is 0 Å². The third kappa shape index (κ3) is 3.28. The van der Waals surface area contributed by atoms with Crippen LogP contribution in [0, 0.1) is 10.1 Å². The molecular weight excluding hydrogens is 320 g/mol. The molecule has 0 fully saturated rings. The highest BCUT2D eigenvalue weighted by molar-refractivity contribution is 5.53. The smallest absolute Gasteiger partial charge is 0.317 e. The lowest BCUT2D eigenvalue weighted by atomic mass is 9.86. The van der Waals surface area contributed by atoms with Crippen LogP contribution in [0.1, 0.15) is 36.8 Å². The second kappa shape index (κ2) is 7.25. The number of benzene rings is 2. The number of allylic oxidation sites excluding steroid dienone is 1. The molecule has 2 aromatic rings. The number of aromatic hydroxyl groups is 1. The normalized spacial score (nSPS) is 16.1. The Labute approximate surface area is 145 Å². The van der Waals surface area contributed by atoms with Crippen LogP contribution in [0.15, 0.2) is 60.1 Å². The molecule has 6 heteroatoms. The van der Waals surface area contributed by atoms with Crippen molar-refractivity contribution in [3.63, 3.8) is 0 Å². The summed E-state index contributed by atoms with van der Waals surface area (Å²) < 4.78 is 5.79. The number of para-hydroxylation sites is 2. The summed E-state index contributed by atoms with van der Waals surface area (Å²) in [6.07, 6.45) is 1.84. The predicted molar refractivity (Wildman–Crippen MR) is 94.0 cm³/mol. The number of phenols is 1. The van der Waals surface area contributed by atoms with E-state index in [9.17, 15) is 15.2 Å². The second-order valence-electron chi connectivity index (χ2n) is 5.88. The van der Waals surface area contributed by atoms with Gasteiger partial charge in [0.2, 0.25) is 0 Å². The van der Waals surface area contributed by atoms with E-state index in [4.69, 9.17) is 4.74 Å². The van der Waals surface area contributed by atoms with Crippen molar-refractivity contribution in [1.29, 1.82) is 0 Å². The van der Waals surface area contributed by atoms with Gasteiger partial charge >= 0.3 is 5.70 Å². The van der Waals surface area contributed by atoms with E-state index in [0.717, 1.165) is 12.8 Å². The van der Waals surface area contributed by atoms with Crippen LogP contribution in [0.2, 0.25) is 0 Å². The molecule has 0 saturated carbocycles. The molecule has 1 unspecified atom stereocenters. The molecule has 2 aromatic carbocycles. The molecule has 1 aliphatic heterocycles. The molecule has 0 radical (unpaired) electrons. The zero-order chi connectivity index (χ0) is 17.8. The van der Waals surface area contributed by atoms with Crippen molar-refractivity contribution < 1.29 is 14.8 Å². The molecule has 0 bridgehead atoms. The molecule has 1 heterocycles. The summed E-state index contributed by atoms with van der Waals surface area (Å²) in [6, 6.07) is 13.9. The SMILES string of the molecule is CCCCNC1=C([N+](=O)[O-])C(c2ccccc2O)c2ccccc2O1. The first-order valence-electron chi connectivity index (χ1n) is 8.30. The van der Waals surface area contributed by atoms with Crippen molar-refractivity contribution in [1.82, 2.24) is 5.32 Å². The summed E-state index contributed by atoms with van der Waals surface area (Å²) in [5.74, 6) is 0.0208. The Morgan fingerprint density at radius 1 is 1.16 bits per heavy atom. The van der Waals surface area contributed by atoms with Crippen molar-refractivity contribution in [2.45, 2.75) is 25.7 Å². The average Bonchev–Trinajstić information content (AvgIpc) is 2.61. The van der Waals surface area contributed by atoms with Crippen LogP contribution in [0.3, 0.4) is 0 Å². The van der Waals surface area contributed by atoms with Crippen LogP contribution in [-0.2, 0) is 0 Å². The van der Waals surface area contributed by atoms with Crippen LogP contribution >= 0.6 is 0 Å². The summed E-state index contributed by atoms with van der Waals surface area (Å²) in [4.78, 5) is 11.4. The first-order valence-corrected chi connectivity index (χ1v) is 8.30. The Morgan fingerprint density at radius 3 is 2.52 bits per heavy atom. The molecule has 0 aromatic heterocycles. The lowest BCUT2D eigenvalue weighted by Gasteiger charge is -2.26. The summed E-state index contributed by atoms with van der Waals surface area (Å²) in [5.41, 5.74) is 1.06. The number of nitro groups is 1. The van der Waals surface area contributed by atoms with E-state index < -0.39 is 10.8 Å². The van der Waals surface area contributed by atoms with E-state index in [1.54, 1.807) is 30.3 Å². The van der Waals surface area contributed by atoms with Gasteiger partial charge in [-0.3, -0.25) is 10.1 Å². The first-order chi connectivity index (χ1) is 12.1. The standard InChI is InChI=1S/C19H20N2O4/c1-2-3-12-20-19-18(21(23)24)17(13-8-4-6-10-15(13)22)14-9-5-7-11-16(14)25-19/h4-11,17,20,22H,2-3,12H2,1H3. The van der Waals surface area contributed by atoms with Gasteiger partial charge in [-0.05, 0) is 18.6 Å². The van der Waals surface area contributed by atoms with Crippen molar-refractivity contribution in [2.75, 3.05) is 6.54 Å². The van der Waals surface area contributed by atoms with Gasteiger partial charge in [-0.15, -0.1) is 0 Å². The highest BCUT2D eigenvalue weighted by Gasteiger charge is 2.40. The Morgan fingerprint density at radius 2 is 1.84 bits per heavy atom. The number of nitrogens with zero attached hydrogens (tertiary/aromatic N) is 1. The number of rotatable bonds is 6. The lowest BCUT2D eigenvalue weighted by Crippen LogP contribution is -2.30. The molecule has 1 atom stereocenters.